The second kappa shape index (κ2) is 10.1. The molecule has 1 aliphatic rings. The van der Waals surface area contributed by atoms with Crippen LogP contribution in [0.2, 0.25) is 0 Å². The molecule has 0 spiro atoms. The first kappa shape index (κ1) is 20.9. The van der Waals surface area contributed by atoms with Crippen LogP contribution in [0.25, 0.3) is 0 Å². The van der Waals surface area contributed by atoms with Crippen LogP contribution >= 0.6 is 11.8 Å². The fourth-order valence-electron chi connectivity index (χ4n) is 2.65. The predicted molar refractivity (Wildman–Crippen MR) is 121 cm³/mol. The highest BCUT2D eigenvalue weighted by molar-refractivity contribution is 8.14. The van der Waals surface area contributed by atoms with E-state index >= 15 is 0 Å². The third kappa shape index (κ3) is 6.35. The number of nitrogens with zero attached hydrogens (tertiary/aromatic N) is 2. The van der Waals surface area contributed by atoms with Gasteiger partial charge in [0.15, 0.2) is 11.8 Å². The monoisotopic (exact) mass is 410 g/mol. The molecule has 0 aliphatic carbocycles. The van der Waals surface area contributed by atoms with E-state index in [0.29, 0.717) is 5.75 Å². The van der Waals surface area contributed by atoms with Crippen molar-refractivity contribution >= 4 is 34.2 Å². The molecule has 1 aliphatic heterocycles. The molecule has 152 valence electrons. The lowest BCUT2D eigenvalue weighted by atomic mass is 10.1. The summed E-state index contributed by atoms with van der Waals surface area (Å²) in [7, 11) is 0. The van der Waals surface area contributed by atoms with Crippen LogP contribution in [0, 0.1) is 13.8 Å². The Balaban J connectivity index is 1.50. The lowest BCUT2D eigenvalue weighted by Crippen LogP contribution is -2.25. The van der Waals surface area contributed by atoms with Crippen molar-refractivity contribution in [1.29, 1.82) is 0 Å². The fraction of sp³-hybridized carbons (Fsp3) is 0.318. The molecule has 2 N–H and O–H groups in total. The molecule has 0 saturated heterocycles. The normalized spacial score (nSPS) is 14.2. The molecule has 0 unspecified atom stereocenters. The van der Waals surface area contributed by atoms with Gasteiger partial charge >= 0.3 is 0 Å². The van der Waals surface area contributed by atoms with E-state index in [0.717, 1.165) is 46.4 Å². The fourth-order valence-corrected chi connectivity index (χ4v) is 3.49. The Bertz CT molecular complexity index is 923. The molecule has 7 heteroatoms. The summed E-state index contributed by atoms with van der Waals surface area (Å²) < 4.78 is 5.53. The van der Waals surface area contributed by atoms with E-state index in [4.69, 9.17) is 4.74 Å². The van der Waals surface area contributed by atoms with Crippen LogP contribution in [0.1, 0.15) is 30.0 Å². The van der Waals surface area contributed by atoms with Crippen LogP contribution in [0.15, 0.2) is 52.6 Å². The number of thioether (sulfide) groups is 1. The maximum Gasteiger partial charge on any atom is 0.277 e. The molecule has 3 rings (SSSR count). The van der Waals surface area contributed by atoms with Crippen molar-refractivity contribution in [2.75, 3.05) is 24.2 Å². The molecule has 1 amide bonds. The zero-order chi connectivity index (χ0) is 20.6. The lowest BCUT2D eigenvalue weighted by molar-refractivity contribution is -0.123. The first-order chi connectivity index (χ1) is 14.0. The number of amides is 1. The van der Waals surface area contributed by atoms with Gasteiger partial charge in [-0.1, -0.05) is 30.0 Å². The number of amidine groups is 1. The van der Waals surface area contributed by atoms with Gasteiger partial charge in [0.05, 0.1) is 5.71 Å². The number of hydrogen-bond acceptors (Lipinski definition) is 6. The Morgan fingerprint density at radius 2 is 1.97 bits per heavy atom. The SMILES string of the molecule is C/C(=N/NC(=O)COc1ccc(C)c(C)c1)c1ccc(NC2=NCCCS2)cc1. The Hall–Kier alpha value is -2.80. The van der Waals surface area contributed by atoms with Crippen LogP contribution in [0.3, 0.4) is 0 Å². The van der Waals surface area contributed by atoms with Crippen molar-refractivity contribution in [3.8, 4) is 5.75 Å². The van der Waals surface area contributed by atoms with Crippen molar-refractivity contribution < 1.29 is 9.53 Å². The van der Waals surface area contributed by atoms with Crippen molar-refractivity contribution in [3.63, 3.8) is 0 Å². The Morgan fingerprint density at radius 1 is 1.17 bits per heavy atom. The molecule has 29 heavy (non-hydrogen) atoms. The van der Waals surface area contributed by atoms with Crippen molar-refractivity contribution in [3.05, 3.63) is 59.2 Å². The van der Waals surface area contributed by atoms with Crippen molar-refractivity contribution in [2.45, 2.75) is 27.2 Å². The minimum absolute atomic E-state index is 0.0814. The highest BCUT2D eigenvalue weighted by Crippen LogP contribution is 2.17. The first-order valence-electron chi connectivity index (χ1n) is 9.59. The number of rotatable bonds is 6. The average molecular weight is 411 g/mol. The summed E-state index contributed by atoms with van der Waals surface area (Å²) in [5.41, 5.74) is 7.50. The van der Waals surface area contributed by atoms with E-state index in [-0.39, 0.29) is 12.5 Å². The van der Waals surface area contributed by atoms with E-state index in [1.165, 1.54) is 5.56 Å². The second-order valence-electron chi connectivity index (χ2n) is 6.86. The molecule has 2 aromatic carbocycles. The molecule has 0 bridgehead atoms. The molecule has 0 atom stereocenters. The summed E-state index contributed by atoms with van der Waals surface area (Å²) in [5.74, 6) is 1.48. The maximum absolute atomic E-state index is 12.0. The van der Waals surface area contributed by atoms with E-state index in [2.05, 4.69) is 20.8 Å². The second-order valence-corrected chi connectivity index (χ2v) is 7.94. The number of carbonyl (C=O) groups is 1. The van der Waals surface area contributed by atoms with Gasteiger partial charge in [0, 0.05) is 18.0 Å². The van der Waals surface area contributed by atoms with Crippen LogP contribution in [-0.2, 0) is 4.79 Å². The van der Waals surface area contributed by atoms with Crippen molar-refractivity contribution in [1.82, 2.24) is 5.43 Å². The highest BCUT2D eigenvalue weighted by Gasteiger charge is 2.07. The third-order valence-electron chi connectivity index (χ3n) is 4.55. The number of benzene rings is 2. The zero-order valence-corrected chi connectivity index (χ0v) is 17.8. The topological polar surface area (TPSA) is 75.1 Å². The number of aliphatic imine (C=N–C) groups is 1. The first-order valence-corrected chi connectivity index (χ1v) is 10.6. The molecule has 2 aromatic rings. The molecule has 1 heterocycles. The van der Waals surface area contributed by atoms with Gasteiger partial charge < -0.3 is 10.1 Å². The van der Waals surface area contributed by atoms with Gasteiger partial charge in [0.1, 0.15) is 5.75 Å². The number of carbonyl (C=O) groups excluding carboxylic acids is 1. The summed E-state index contributed by atoms with van der Waals surface area (Å²) in [6.07, 6.45) is 1.13. The highest BCUT2D eigenvalue weighted by atomic mass is 32.2. The largest absolute Gasteiger partial charge is 0.484 e. The van der Waals surface area contributed by atoms with E-state index in [9.17, 15) is 4.79 Å². The maximum atomic E-state index is 12.0. The Labute approximate surface area is 175 Å². The molecular formula is C22H26N4O2S. The van der Waals surface area contributed by atoms with Crippen LogP contribution in [0.5, 0.6) is 5.75 Å². The number of hydrogen-bond donors (Lipinski definition) is 2. The molecule has 0 fully saturated rings. The van der Waals surface area contributed by atoms with E-state index in [1.54, 1.807) is 11.8 Å². The summed E-state index contributed by atoms with van der Waals surface area (Å²) in [6.45, 7) is 6.70. The van der Waals surface area contributed by atoms with Gasteiger partial charge in [0.25, 0.3) is 5.91 Å². The van der Waals surface area contributed by atoms with Gasteiger partial charge in [-0.15, -0.1) is 0 Å². The molecule has 0 saturated carbocycles. The minimum Gasteiger partial charge on any atom is -0.484 e. The molecule has 0 radical (unpaired) electrons. The summed E-state index contributed by atoms with van der Waals surface area (Å²) >= 11 is 1.74. The van der Waals surface area contributed by atoms with E-state index < -0.39 is 0 Å². The number of hydrazone groups is 1. The zero-order valence-electron chi connectivity index (χ0n) is 17.0. The van der Waals surface area contributed by atoms with Gasteiger partial charge in [-0.2, -0.15) is 5.10 Å². The standard InChI is InChI=1S/C22H26N4O2S/c1-15-5-10-20(13-16(15)2)28-14-21(27)26-25-17(3)18-6-8-19(9-7-18)24-22-23-11-4-12-29-22/h5-10,13H,4,11-12,14H2,1-3H3,(H,23,24)(H,26,27)/b25-17-. The number of ether oxygens (including phenoxy) is 1. The lowest BCUT2D eigenvalue weighted by Gasteiger charge is -2.13. The predicted octanol–water partition coefficient (Wildman–Crippen LogP) is 4.13. The van der Waals surface area contributed by atoms with Gasteiger partial charge in [-0.05, 0) is 68.1 Å². The van der Waals surface area contributed by atoms with Gasteiger partial charge in [-0.25, -0.2) is 5.43 Å². The van der Waals surface area contributed by atoms with Gasteiger partial charge in [0.2, 0.25) is 0 Å². The Morgan fingerprint density at radius 3 is 2.66 bits per heavy atom. The summed E-state index contributed by atoms with van der Waals surface area (Å²) in [4.78, 5) is 16.5. The van der Waals surface area contributed by atoms with Crippen LogP contribution < -0.4 is 15.5 Å². The quantitative estimate of drug-likeness (QED) is 0.555. The summed E-state index contributed by atoms with van der Waals surface area (Å²) in [5, 5.41) is 8.46. The Kier molecular flexibility index (Phi) is 7.30. The summed E-state index contributed by atoms with van der Waals surface area (Å²) in [6, 6.07) is 13.7. The molecular weight excluding hydrogens is 384 g/mol. The average Bonchev–Trinajstić information content (AvgIpc) is 2.74. The van der Waals surface area contributed by atoms with Crippen LogP contribution in [0.4, 0.5) is 5.69 Å². The number of nitrogens with one attached hydrogen (secondary N) is 2. The van der Waals surface area contributed by atoms with E-state index in [1.807, 2.05) is 63.2 Å². The van der Waals surface area contributed by atoms with Crippen LogP contribution in [-0.4, -0.2) is 35.7 Å². The van der Waals surface area contributed by atoms with Gasteiger partial charge in [-0.3, -0.25) is 9.79 Å². The number of aryl methyl sites for hydroxylation is 2. The molecule has 6 nitrogen and oxygen atoms in total. The third-order valence-corrected chi connectivity index (χ3v) is 5.54. The van der Waals surface area contributed by atoms with Crippen molar-refractivity contribution in [2.24, 2.45) is 10.1 Å². The number of anilines is 1. The molecule has 0 aromatic heterocycles. The smallest absolute Gasteiger partial charge is 0.277 e. The minimum atomic E-state index is -0.298.